The normalized spacial score (nSPS) is 15.1. The number of nitrogens with zero attached hydrogens (tertiary/aromatic N) is 5. The molecule has 0 bridgehead atoms. The van der Waals surface area contributed by atoms with Gasteiger partial charge in [0.1, 0.15) is 17.7 Å². The average Bonchev–Trinajstić information content (AvgIpc) is 3.40. The predicted molar refractivity (Wildman–Crippen MR) is 118 cm³/mol. The summed E-state index contributed by atoms with van der Waals surface area (Å²) in [4.78, 5) is 26.7. The van der Waals surface area contributed by atoms with E-state index in [2.05, 4.69) is 20.3 Å². The van der Waals surface area contributed by atoms with Gasteiger partial charge in [-0.25, -0.2) is 9.97 Å². The Labute approximate surface area is 192 Å². The number of hydrogen-bond acceptors (Lipinski definition) is 6. The second kappa shape index (κ2) is 8.47. The van der Waals surface area contributed by atoms with Crippen LogP contribution in [0.3, 0.4) is 0 Å². The van der Waals surface area contributed by atoms with Crippen molar-refractivity contribution >= 4 is 17.7 Å². The Bertz CT molecular complexity index is 1340. The van der Waals surface area contributed by atoms with Gasteiger partial charge in [0.2, 0.25) is 11.9 Å². The number of nitrogens with one attached hydrogen (secondary N) is 1. The highest BCUT2D eigenvalue weighted by atomic mass is 19.4. The van der Waals surface area contributed by atoms with Gasteiger partial charge in [-0.15, -0.1) is 0 Å². The molecule has 176 valence electrons. The third-order valence-corrected chi connectivity index (χ3v) is 5.90. The third-order valence-electron chi connectivity index (χ3n) is 5.90. The summed E-state index contributed by atoms with van der Waals surface area (Å²) in [5.74, 6) is 0.697. The number of imidazole rings is 1. The molecule has 1 aromatic carbocycles. The first-order valence-corrected chi connectivity index (χ1v) is 10.8. The molecule has 1 fully saturated rings. The van der Waals surface area contributed by atoms with Crippen molar-refractivity contribution in [1.82, 2.24) is 24.3 Å². The molecule has 4 aromatic rings. The van der Waals surface area contributed by atoms with Crippen LogP contribution in [0.4, 0.5) is 19.1 Å². The van der Waals surface area contributed by atoms with Crippen LogP contribution in [-0.4, -0.2) is 49.3 Å². The summed E-state index contributed by atoms with van der Waals surface area (Å²) in [6.07, 6.45) is 1.73. The number of aromatic nitrogens is 4. The molecule has 0 saturated carbocycles. The Kier molecular flexibility index (Phi) is 5.46. The maximum atomic E-state index is 13.3. The molecule has 0 aliphatic carbocycles. The number of amides is 1. The lowest BCUT2D eigenvalue weighted by molar-refractivity contribution is -0.137. The summed E-state index contributed by atoms with van der Waals surface area (Å²) in [7, 11) is 0. The number of piperidine rings is 1. The van der Waals surface area contributed by atoms with Gasteiger partial charge in [0.15, 0.2) is 0 Å². The molecule has 1 aliphatic heterocycles. The van der Waals surface area contributed by atoms with Gasteiger partial charge >= 0.3 is 12.0 Å². The molecule has 0 spiro atoms. The minimum absolute atomic E-state index is 0.0590. The smallest absolute Gasteiger partial charge is 0.416 e. The molecule has 1 N–H and O–H groups in total. The van der Waals surface area contributed by atoms with Gasteiger partial charge in [-0.1, -0.05) is 12.1 Å². The zero-order chi connectivity index (χ0) is 23.9. The molecule has 0 radical (unpaired) electrons. The Morgan fingerprint density at radius 3 is 2.71 bits per heavy atom. The molecular formula is C23H21F3N6O2. The lowest BCUT2D eigenvalue weighted by Gasteiger charge is -2.31. The molecule has 1 amide bonds. The number of hydrogen-bond donors (Lipinski definition) is 1. The van der Waals surface area contributed by atoms with Gasteiger partial charge in [-0.05, 0) is 31.0 Å². The number of benzene rings is 1. The number of carbonyl (C=O) groups excluding carboxylic acids is 1. The summed E-state index contributed by atoms with van der Waals surface area (Å²) in [5.41, 5.74) is 0.848. The predicted octanol–water partition coefficient (Wildman–Crippen LogP) is 4.49. The lowest BCUT2D eigenvalue weighted by atomic mass is 10.0. The highest BCUT2D eigenvalue weighted by Crippen LogP contribution is 2.36. The molecule has 0 unspecified atom stereocenters. The average molecular weight is 470 g/mol. The van der Waals surface area contributed by atoms with Gasteiger partial charge in [0.25, 0.3) is 0 Å². The topological polar surface area (TPSA) is 88.6 Å². The van der Waals surface area contributed by atoms with E-state index in [0.29, 0.717) is 41.7 Å². The van der Waals surface area contributed by atoms with Crippen LogP contribution in [-0.2, 0) is 11.0 Å². The fourth-order valence-electron chi connectivity index (χ4n) is 4.16. The van der Waals surface area contributed by atoms with Crippen molar-refractivity contribution in [3.63, 3.8) is 0 Å². The van der Waals surface area contributed by atoms with E-state index in [1.165, 1.54) is 12.3 Å². The minimum Gasteiger partial charge on any atom is -0.432 e. The molecule has 5 rings (SSSR count). The zero-order valence-corrected chi connectivity index (χ0v) is 18.2. The van der Waals surface area contributed by atoms with Gasteiger partial charge in [-0.3, -0.25) is 9.20 Å². The number of oxazole rings is 1. The van der Waals surface area contributed by atoms with Crippen LogP contribution in [0.1, 0.15) is 25.3 Å². The fourth-order valence-corrected chi connectivity index (χ4v) is 4.16. The maximum absolute atomic E-state index is 13.3. The molecule has 1 saturated heterocycles. The van der Waals surface area contributed by atoms with E-state index in [1.807, 2.05) is 0 Å². The van der Waals surface area contributed by atoms with Crippen LogP contribution < -0.4 is 5.32 Å². The number of anilines is 1. The van der Waals surface area contributed by atoms with Gasteiger partial charge in [0, 0.05) is 44.0 Å². The van der Waals surface area contributed by atoms with Crippen molar-refractivity contribution in [2.75, 3.05) is 18.4 Å². The zero-order valence-electron chi connectivity index (χ0n) is 18.2. The van der Waals surface area contributed by atoms with Crippen molar-refractivity contribution in [1.29, 1.82) is 0 Å². The number of halogens is 3. The second-order valence-electron chi connectivity index (χ2n) is 8.13. The molecular weight excluding hydrogens is 449 g/mol. The fraction of sp³-hybridized carbons (Fsp3) is 0.304. The molecule has 0 atom stereocenters. The quantitative estimate of drug-likeness (QED) is 0.473. The van der Waals surface area contributed by atoms with Crippen LogP contribution in [0, 0.1) is 0 Å². The van der Waals surface area contributed by atoms with Gasteiger partial charge in [-0.2, -0.15) is 18.2 Å². The van der Waals surface area contributed by atoms with E-state index in [0.717, 1.165) is 25.0 Å². The lowest BCUT2D eigenvalue weighted by Crippen LogP contribution is -2.41. The minimum atomic E-state index is -4.47. The number of carbonyl (C=O) groups is 1. The van der Waals surface area contributed by atoms with Crippen LogP contribution in [0.15, 0.2) is 53.4 Å². The summed E-state index contributed by atoms with van der Waals surface area (Å²) in [5, 5.41) is 3.31. The number of likely N-dealkylation sites (tertiary alicyclic amines) is 1. The Hall–Kier alpha value is -3.89. The van der Waals surface area contributed by atoms with E-state index in [-0.39, 0.29) is 17.8 Å². The van der Waals surface area contributed by atoms with Crippen molar-refractivity contribution in [3.05, 3.63) is 54.6 Å². The second-order valence-corrected chi connectivity index (χ2v) is 8.13. The van der Waals surface area contributed by atoms with Gasteiger partial charge in [0.05, 0.1) is 11.3 Å². The highest BCUT2D eigenvalue weighted by molar-refractivity contribution is 5.80. The number of fused-ring (bicyclic) bond motifs is 1. The third kappa shape index (κ3) is 4.20. The highest BCUT2D eigenvalue weighted by Gasteiger charge is 2.31. The standard InChI is InChI=1S/C23H21F3N6O2/c1-14(33)31-9-6-17(7-10-31)28-21-27-8-5-18(29-21)20-19(30-22-32(20)11-12-34-22)15-3-2-4-16(13-15)23(24,25)26/h2-5,8,11-13,17H,6-7,9-10H2,1H3,(H,27,28,29). The van der Waals surface area contributed by atoms with Crippen LogP contribution in [0.25, 0.3) is 28.5 Å². The van der Waals surface area contributed by atoms with E-state index >= 15 is 0 Å². The molecule has 1 aliphatic rings. The summed E-state index contributed by atoms with van der Waals surface area (Å²) < 4.78 is 46.9. The van der Waals surface area contributed by atoms with Crippen molar-refractivity contribution in [3.8, 4) is 22.6 Å². The van der Waals surface area contributed by atoms with E-state index in [9.17, 15) is 18.0 Å². The summed E-state index contributed by atoms with van der Waals surface area (Å²) >= 11 is 0. The van der Waals surface area contributed by atoms with E-state index in [4.69, 9.17) is 4.42 Å². The van der Waals surface area contributed by atoms with E-state index in [1.54, 1.807) is 40.8 Å². The summed E-state index contributed by atoms with van der Waals surface area (Å²) in [6.45, 7) is 2.87. The first kappa shape index (κ1) is 21.9. The van der Waals surface area contributed by atoms with Crippen LogP contribution in [0.2, 0.25) is 0 Å². The molecule has 3 aromatic heterocycles. The van der Waals surface area contributed by atoms with E-state index < -0.39 is 11.7 Å². The monoisotopic (exact) mass is 470 g/mol. The van der Waals surface area contributed by atoms with Crippen molar-refractivity contribution < 1.29 is 22.4 Å². The Morgan fingerprint density at radius 2 is 1.97 bits per heavy atom. The number of rotatable bonds is 4. The molecule has 34 heavy (non-hydrogen) atoms. The number of alkyl halides is 3. The van der Waals surface area contributed by atoms with Crippen LogP contribution in [0.5, 0.6) is 0 Å². The van der Waals surface area contributed by atoms with Crippen molar-refractivity contribution in [2.24, 2.45) is 0 Å². The Balaban J connectivity index is 1.49. The Morgan fingerprint density at radius 1 is 1.18 bits per heavy atom. The molecule has 4 heterocycles. The van der Waals surface area contributed by atoms with Crippen molar-refractivity contribution in [2.45, 2.75) is 32.0 Å². The van der Waals surface area contributed by atoms with Crippen LogP contribution >= 0.6 is 0 Å². The largest absolute Gasteiger partial charge is 0.432 e. The maximum Gasteiger partial charge on any atom is 0.416 e. The first-order chi connectivity index (χ1) is 16.3. The molecule has 11 heteroatoms. The summed E-state index contributed by atoms with van der Waals surface area (Å²) in [6, 6.07) is 6.79. The first-order valence-electron chi connectivity index (χ1n) is 10.8. The van der Waals surface area contributed by atoms with Gasteiger partial charge < -0.3 is 14.6 Å². The molecule has 8 nitrogen and oxygen atoms in total. The SMILES string of the molecule is CC(=O)N1CCC(Nc2nccc(-c3c(-c4cccc(C(F)(F)F)c4)nc4occn34)n2)CC1.